The van der Waals surface area contributed by atoms with E-state index >= 15 is 0 Å². The zero-order valence-corrected chi connectivity index (χ0v) is 19.7. The summed E-state index contributed by atoms with van der Waals surface area (Å²) in [5, 5.41) is 0. The summed E-state index contributed by atoms with van der Waals surface area (Å²) >= 11 is 0. The van der Waals surface area contributed by atoms with Gasteiger partial charge in [-0.05, 0) is 49.4 Å². The van der Waals surface area contributed by atoms with Crippen LogP contribution < -0.4 is 9.47 Å². The Labute approximate surface area is 206 Å². The number of amides is 1. The molecule has 0 aliphatic carbocycles. The lowest BCUT2D eigenvalue weighted by atomic mass is 10.1. The lowest BCUT2D eigenvalue weighted by Crippen LogP contribution is -2.55. The highest BCUT2D eigenvalue weighted by Gasteiger charge is 2.34. The van der Waals surface area contributed by atoms with Crippen LogP contribution in [0.15, 0.2) is 71.7 Å². The first-order chi connectivity index (χ1) is 17.2. The van der Waals surface area contributed by atoms with Gasteiger partial charge in [-0.1, -0.05) is 18.2 Å². The van der Waals surface area contributed by atoms with Crippen molar-refractivity contribution in [2.45, 2.75) is 19.1 Å². The first kappa shape index (κ1) is 23.7. The number of methoxy groups -OCH3 is 1. The average molecular weight is 496 g/mol. The third kappa shape index (κ3) is 4.48. The van der Waals surface area contributed by atoms with E-state index in [0.29, 0.717) is 48.1 Å². The molecule has 1 fully saturated rings. The Balaban J connectivity index is 1.51. The van der Waals surface area contributed by atoms with Gasteiger partial charge in [0.2, 0.25) is 0 Å². The van der Waals surface area contributed by atoms with E-state index < -0.39 is 11.7 Å². The minimum Gasteiger partial charge on any atom is -0.497 e. The highest BCUT2D eigenvalue weighted by Crippen LogP contribution is 2.42. The zero-order chi connectivity index (χ0) is 25.4. The molecule has 36 heavy (non-hydrogen) atoms. The van der Waals surface area contributed by atoms with Gasteiger partial charge in [-0.3, -0.25) is 4.79 Å². The van der Waals surface area contributed by atoms with E-state index in [1.165, 1.54) is 13.2 Å². The molecule has 5 rings (SSSR count). The van der Waals surface area contributed by atoms with Crippen molar-refractivity contribution in [3.63, 3.8) is 0 Å². The first-order valence-electron chi connectivity index (χ1n) is 11.5. The monoisotopic (exact) mass is 495 g/mol. The molecule has 3 aromatic rings. The van der Waals surface area contributed by atoms with Crippen LogP contribution in [0.5, 0.6) is 17.2 Å². The number of ether oxygens (including phenoxy) is 2. The molecule has 2 aliphatic heterocycles. The Morgan fingerprint density at radius 2 is 1.81 bits per heavy atom. The van der Waals surface area contributed by atoms with Gasteiger partial charge >= 0.3 is 6.18 Å². The molecule has 0 radical (unpaired) electrons. The molecule has 1 atom stereocenters. The van der Waals surface area contributed by atoms with E-state index in [1.54, 1.807) is 30.3 Å². The highest BCUT2D eigenvalue weighted by atomic mass is 19.4. The van der Waals surface area contributed by atoms with Crippen LogP contribution in [0.25, 0.3) is 0 Å². The number of halogens is 3. The van der Waals surface area contributed by atoms with E-state index in [-0.39, 0.29) is 23.4 Å². The van der Waals surface area contributed by atoms with Crippen molar-refractivity contribution in [3.8, 4) is 17.2 Å². The minimum atomic E-state index is -4.51. The quantitative estimate of drug-likeness (QED) is 0.455. The molecule has 0 spiro atoms. The van der Waals surface area contributed by atoms with Crippen LogP contribution in [0.2, 0.25) is 0 Å². The van der Waals surface area contributed by atoms with Crippen LogP contribution in [-0.2, 0) is 6.18 Å². The van der Waals surface area contributed by atoms with Crippen LogP contribution in [-0.4, -0.2) is 54.3 Å². The van der Waals surface area contributed by atoms with Crippen molar-refractivity contribution in [1.29, 1.82) is 0 Å². The van der Waals surface area contributed by atoms with E-state index in [4.69, 9.17) is 9.47 Å². The smallest absolute Gasteiger partial charge is 0.416 e. The number of carbonyl (C=O) groups is 1. The van der Waals surface area contributed by atoms with E-state index in [9.17, 15) is 18.0 Å². The largest absolute Gasteiger partial charge is 0.497 e. The van der Waals surface area contributed by atoms with Gasteiger partial charge < -0.3 is 19.3 Å². The fraction of sp³-hybridized carbons (Fsp3) is 0.259. The van der Waals surface area contributed by atoms with Gasteiger partial charge in [-0.15, -0.1) is 0 Å². The van der Waals surface area contributed by atoms with Crippen LogP contribution in [0.3, 0.4) is 0 Å². The topological polar surface area (TPSA) is 54.4 Å². The molecule has 0 N–H and O–H groups in total. The summed E-state index contributed by atoms with van der Waals surface area (Å²) in [6.45, 7) is 3.31. The van der Waals surface area contributed by atoms with Crippen molar-refractivity contribution < 1.29 is 27.4 Å². The van der Waals surface area contributed by atoms with Crippen LogP contribution in [0.4, 0.5) is 18.9 Å². The number of nitrogens with zero attached hydrogens (tertiary/aromatic N) is 3. The SMILES string of the molecule is COc1ccc2c(c1)Oc1ccc(C(F)(F)F)cc1N=C2N1CCN(C(=O)c2ccccc2)[C@H](C)C1. The van der Waals surface area contributed by atoms with Gasteiger partial charge in [0, 0.05) is 37.3 Å². The maximum absolute atomic E-state index is 13.4. The Hall–Kier alpha value is -4.01. The number of hydrogen-bond donors (Lipinski definition) is 0. The molecular weight excluding hydrogens is 471 g/mol. The molecule has 2 heterocycles. The molecule has 1 amide bonds. The second kappa shape index (κ2) is 9.22. The Kier molecular flexibility index (Phi) is 6.07. The van der Waals surface area contributed by atoms with Gasteiger partial charge in [0.25, 0.3) is 5.91 Å². The van der Waals surface area contributed by atoms with Crippen molar-refractivity contribution in [2.24, 2.45) is 4.99 Å². The number of fused-ring (bicyclic) bond motifs is 2. The Morgan fingerprint density at radius 3 is 2.50 bits per heavy atom. The third-order valence-electron chi connectivity index (χ3n) is 6.37. The zero-order valence-electron chi connectivity index (χ0n) is 19.7. The molecule has 0 aromatic heterocycles. The summed E-state index contributed by atoms with van der Waals surface area (Å²) in [7, 11) is 1.53. The molecular formula is C27H24F3N3O3. The van der Waals surface area contributed by atoms with Gasteiger partial charge in [-0.2, -0.15) is 13.2 Å². The minimum absolute atomic E-state index is 0.0563. The number of aliphatic imine (C=N–C) groups is 1. The molecule has 3 aromatic carbocycles. The third-order valence-corrected chi connectivity index (χ3v) is 6.37. The van der Waals surface area contributed by atoms with Crippen LogP contribution in [0, 0.1) is 0 Å². The van der Waals surface area contributed by atoms with Gasteiger partial charge in [0.1, 0.15) is 23.0 Å². The second-order valence-electron chi connectivity index (χ2n) is 8.74. The Morgan fingerprint density at radius 1 is 1.03 bits per heavy atom. The highest BCUT2D eigenvalue weighted by molar-refractivity contribution is 6.04. The molecule has 2 aliphatic rings. The average Bonchev–Trinajstić information content (AvgIpc) is 3.04. The maximum atomic E-state index is 13.4. The maximum Gasteiger partial charge on any atom is 0.416 e. The number of benzene rings is 3. The van der Waals surface area contributed by atoms with Gasteiger partial charge in [-0.25, -0.2) is 4.99 Å². The summed E-state index contributed by atoms with van der Waals surface area (Å²) < 4.78 is 51.6. The van der Waals surface area contributed by atoms with E-state index in [2.05, 4.69) is 4.99 Å². The number of carbonyl (C=O) groups excluding carboxylic acids is 1. The number of alkyl halides is 3. The normalized spacial score (nSPS) is 17.4. The predicted octanol–water partition coefficient (Wildman–Crippen LogP) is 5.74. The van der Waals surface area contributed by atoms with Crippen molar-refractivity contribution in [3.05, 3.63) is 83.4 Å². The fourth-order valence-electron chi connectivity index (χ4n) is 4.50. The summed E-state index contributed by atoms with van der Waals surface area (Å²) in [6.07, 6.45) is -4.51. The molecule has 186 valence electrons. The fourth-order valence-corrected chi connectivity index (χ4v) is 4.50. The van der Waals surface area contributed by atoms with E-state index in [1.807, 2.05) is 34.9 Å². The molecule has 6 nitrogen and oxygen atoms in total. The van der Waals surface area contributed by atoms with Gasteiger partial charge in [0.05, 0.1) is 18.2 Å². The number of piperazine rings is 1. The number of rotatable bonds is 2. The van der Waals surface area contributed by atoms with Crippen molar-refractivity contribution in [1.82, 2.24) is 9.80 Å². The van der Waals surface area contributed by atoms with Gasteiger partial charge in [0.15, 0.2) is 5.75 Å². The number of amidine groups is 1. The summed E-state index contributed by atoms with van der Waals surface area (Å²) in [5.74, 6) is 1.64. The van der Waals surface area contributed by atoms with Crippen LogP contribution >= 0.6 is 0 Å². The predicted molar refractivity (Wildman–Crippen MR) is 129 cm³/mol. The standard InChI is InChI=1S/C27H24F3N3O3/c1-17-16-32(12-13-33(17)26(34)18-6-4-3-5-7-18)25-21-10-9-20(35-2)15-24(21)36-23-11-8-19(27(28,29)30)14-22(23)31-25/h3-11,14-15,17H,12-13,16H2,1-2H3/t17-/m1/s1. The number of hydrogen-bond acceptors (Lipinski definition) is 5. The second-order valence-corrected chi connectivity index (χ2v) is 8.74. The summed E-state index contributed by atoms with van der Waals surface area (Å²) in [6, 6.07) is 17.4. The lowest BCUT2D eigenvalue weighted by Gasteiger charge is -2.41. The summed E-state index contributed by atoms with van der Waals surface area (Å²) in [4.78, 5) is 21.5. The van der Waals surface area contributed by atoms with E-state index in [0.717, 1.165) is 12.1 Å². The molecule has 9 heteroatoms. The molecule has 0 unspecified atom stereocenters. The summed E-state index contributed by atoms with van der Waals surface area (Å²) in [5.41, 5.74) is 0.535. The molecule has 1 saturated heterocycles. The van der Waals surface area contributed by atoms with Crippen molar-refractivity contribution >= 4 is 17.4 Å². The Bertz CT molecular complexity index is 1320. The van der Waals surface area contributed by atoms with Crippen molar-refractivity contribution in [2.75, 3.05) is 26.7 Å². The molecule has 0 bridgehead atoms. The van der Waals surface area contributed by atoms with Crippen LogP contribution in [0.1, 0.15) is 28.4 Å². The first-order valence-corrected chi connectivity index (χ1v) is 11.5. The molecule has 0 saturated carbocycles. The lowest BCUT2D eigenvalue weighted by molar-refractivity contribution is -0.137.